The molecule has 4 aromatic rings. The van der Waals surface area contributed by atoms with Gasteiger partial charge in [0, 0.05) is 23.1 Å². The van der Waals surface area contributed by atoms with Crippen LogP contribution in [0, 0.1) is 0 Å². The summed E-state index contributed by atoms with van der Waals surface area (Å²) in [6.07, 6.45) is 5.10. The molecule has 0 bridgehead atoms. The second-order valence-corrected chi connectivity index (χ2v) is 7.13. The number of nitrogens with one attached hydrogen (secondary N) is 2. The standard InChI is InChI=1S/C26H24N2O/c29-16-4-5-20-8-10-22(11-9-20)19-27-15-14-21-12-13-24-18-26(28-25(24)17-21)23-6-2-1-3-7-23/h1-13,16-18,27-28H,14-15,19H2/b5-4+. The minimum atomic E-state index is 0.794. The maximum atomic E-state index is 10.4. The Balaban J connectivity index is 1.32. The van der Waals surface area contributed by atoms with Gasteiger partial charge in [0.15, 0.2) is 0 Å². The fraction of sp³-hybridized carbons (Fsp3) is 0.115. The van der Waals surface area contributed by atoms with Crippen molar-refractivity contribution in [3.63, 3.8) is 0 Å². The largest absolute Gasteiger partial charge is 0.355 e. The second kappa shape index (κ2) is 9.18. The summed E-state index contributed by atoms with van der Waals surface area (Å²) >= 11 is 0. The highest BCUT2D eigenvalue weighted by Gasteiger charge is 2.04. The molecule has 1 aromatic heterocycles. The molecular weight excluding hydrogens is 356 g/mol. The van der Waals surface area contributed by atoms with Crippen molar-refractivity contribution in [2.24, 2.45) is 0 Å². The van der Waals surface area contributed by atoms with E-state index in [1.165, 1.54) is 33.7 Å². The van der Waals surface area contributed by atoms with Crippen LogP contribution in [0.15, 0.2) is 84.9 Å². The van der Waals surface area contributed by atoms with Crippen molar-refractivity contribution in [3.8, 4) is 11.3 Å². The van der Waals surface area contributed by atoms with Gasteiger partial charge in [0.2, 0.25) is 0 Å². The number of carbonyl (C=O) groups excluding carboxylic acids is 1. The fourth-order valence-electron chi connectivity index (χ4n) is 3.47. The van der Waals surface area contributed by atoms with Gasteiger partial charge in [0.25, 0.3) is 0 Å². The fourth-order valence-corrected chi connectivity index (χ4v) is 3.47. The molecule has 0 amide bonds. The second-order valence-electron chi connectivity index (χ2n) is 7.13. The maximum Gasteiger partial charge on any atom is 0.142 e. The number of benzene rings is 3. The lowest BCUT2D eigenvalue weighted by Gasteiger charge is -2.06. The lowest BCUT2D eigenvalue weighted by molar-refractivity contribution is -0.104. The quantitative estimate of drug-likeness (QED) is 0.245. The van der Waals surface area contributed by atoms with Crippen LogP contribution in [0.2, 0.25) is 0 Å². The van der Waals surface area contributed by atoms with E-state index in [0.29, 0.717) is 0 Å². The predicted molar refractivity (Wildman–Crippen MR) is 121 cm³/mol. The summed E-state index contributed by atoms with van der Waals surface area (Å²) in [5.41, 5.74) is 7.14. The van der Waals surface area contributed by atoms with Gasteiger partial charge in [0.1, 0.15) is 6.29 Å². The zero-order chi connectivity index (χ0) is 19.9. The Hall–Kier alpha value is -3.43. The molecule has 3 nitrogen and oxygen atoms in total. The van der Waals surface area contributed by atoms with Gasteiger partial charge in [-0.15, -0.1) is 0 Å². The first-order chi connectivity index (χ1) is 14.3. The summed E-state index contributed by atoms with van der Waals surface area (Å²) in [6.45, 7) is 1.76. The Morgan fingerprint density at radius 1 is 0.862 bits per heavy atom. The number of aldehydes is 1. The van der Waals surface area contributed by atoms with Gasteiger partial charge in [-0.05, 0) is 53.4 Å². The number of aromatic nitrogens is 1. The first kappa shape index (κ1) is 18.9. The van der Waals surface area contributed by atoms with Crippen molar-refractivity contribution in [3.05, 3.63) is 102 Å². The highest BCUT2D eigenvalue weighted by Crippen LogP contribution is 2.24. The third-order valence-electron chi connectivity index (χ3n) is 5.04. The van der Waals surface area contributed by atoms with E-state index in [4.69, 9.17) is 0 Å². The third-order valence-corrected chi connectivity index (χ3v) is 5.04. The summed E-state index contributed by atoms with van der Waals surface area (Å²) in [4.78, 5) is 13.9. The van der Waals surface area contributed by atoms with Crippen LogP contribution in [0.5, 0.6) is 0 Å². The zero-order valence-electron chi connectivity index (χ0n) is 16.3. The molecule has 0 radical (unpaired) electrons. The lowest BCUT2D eigenvalue weighted by Crippen LogP contribution is -2.16. The first-order valence-electron chi connectivity index (χ1n) is 9.90. The van der Waals surface area contributed by atoms with Crippen LogP contribution in [0.3, 0.4) is 0 Å². The first-order valence-corrected chi connectivity index (χ1v) is 9.90. The summed E-state index contributed by atoms with van der Waals surface area (Å²) < 4.78 is 0. The van der Waals surface area contributed by atoms with Crippen molar-refractivity contribution in [2.75, 3.05) is 6.54 Å². The van der Waals surface area contributed by atoms with Gasteiger partial charge in [-0.1, -0.05) is 72.8 Å². The molecule has 0 aliphatic carbocycles. The average Bonchev–Trinajstić information content (AvgIpc) is 3.20. The van der Waals surface area contributed by atoms with Crippen LogP contribution in [0.4, 0.5) is 0 Å². The molecular formula is C26H24N2O. The van der Waals surface area contributed by atoms with Gasteiger partial charge in [-0.25, -0.2) is 0 Å². The molecule has 0 aliphatic heterocycles. The molecule has 0 saturated heterocycles. The molecule has 29 heavy (non-hydrogen) atoms. The molecule has 3 heteroatoms. The Labute approximate surface area is 171 Å². The molecule has 3 aromatic carbocycles. The van der Waals surface area contributed by atoms with Crippen molar-refractivity contribution < 1.29 is 4.79 Å². The normalized spacial score (nSPS) is 11.3. The van der Waals surface area contributed by atoms with Crippen molar-refractivity contribution in [1.29, 1.82) is 0 Å². The van der Waals surface area contributed by atoms with Gasteiger partial charge in [0.05, 0.1) is 0 Å². The number of fused-ring (bicyclic) bond motifs is 1. The number of carbonyl (C=O) groups is 1. The van der Waals surface area contributed by atoms with E-state index < -0.39 is 0 Å². The maximum absolute atomic E-state index is 10.4. The highest BCUT2D eigenvalue weighted by molar-refractivity contribution is 5.86. The van der Waals surface area contributed by atoms with E-state index in [-0.39, 0.29) is 0 Å². The number of hydrogen-bond acceptors (Lipinski definition) is 2. The SMILES string of the molecule is O=C/C=C/c1ccc(CNCCc2ccc3cc(-c4ccccc4)[nH]c3c2)cc1. The molecule has 4 rings (SSSR count). The molecule has 0 unspecified atom stereocenters. The van der Waals surface area contributed by atoms with Crippen LogP contribution in [0.25, 0.3) is 28.2 Å². The van der Waals surface area contributed by atoms with Crippen LogP contribution in [0.1, 0.15) is 16.7 Å². The number of allylic oxidation sites excluding steroid dienone is 1. The van der Waals surface area contributed by atoms with Crippen LogP contribution < -0.4 is 5.32 Å². The van der Waals surface area contributed by atoms with Gasteiger partial charge in [-0.3, -0.25) is 4.79 Å². The molecule has 2 N–H and O–H groups in total. The molecule has 144 valence electrons. The molecule has 0 atom stereocenters. The van der Waals surface area contributed by atoms with Crippen molar-refractivity contribution in [1.82, 2.24) is 10.3 Å². The molecule has 0 spiro atoms. The van der Waals surface area contributed by atoms with Crippen LogP contribution in [-0.4, -0.2) is 17.8 Å². The average molecular weight is 380 g/mol. The summed E-state index contributed by atoms with van der Waals surface area (Å²) in [6, 6.07) is 27.5. The zero-order valence-corrected chi connectivity index (χ0v) is 16.3. The topological polar surface area (TPSA) is 44.9 Å². The monoisotopic (exact) mass is 380 g/mol. The van der Waals surface area contributed by atoms with Gasteiger partial charge < -0.3 is 10.3 Å². The van der Waals surface area contributed by atoms with E-state index in [1.54, 1.807) is 0 Å². The number of aromatic amines is 1. The smallest absolute Gasteiger partial charge is 0.142 e. The minimum absolute atomic E-state index is 0.794. The summed E-state index contributed by atoms with van der Waals surface area (Å²) in [5.74, 6) is 0. The Morgan fingerprint density at radius 2 is 1.66 bits per heavy atom. The molecule has 0 saturated carbocycles. The van der Waals surface area contributed by atoms with Crippen LogP contribution in [-0.2, 0) is 17.8 Å². The minimum Gasteiger partial charge on any atom is -0.355 e. The number of H-pyrrole nitrogens is 1. The molecule has 0 aliphatic rings. The summed E-state index contributed by atoms with van der Waals surface area (Å²) in [5, 5.41) is 4.75. The van der Waals surface area contributed by atoms with E-state index in [1.807, 2.05) is 24.3 Å². The highest BCUT2D eigenvalue weighted by atomic mass is 16.1. The van der Waals surface area contributed by atoms with Gasteiger partial charge >= 0.3 is 0 Å². The van der Waals surface area contributed by atoms with E-state index in [0.717, 1.165) is 37.1 Å². The Bertz CT molecular complexity index is 1110. The summed E-state index contributed by atoms with van der Waals surface area (Å²) in [7, 11) is 0. The van der Waals surface area contributed by atoms with Crippen molar-refractivity contribution >= 4 is 23.3 Å². The third kappa shape index (κ3) is 4.89. The Morgan fingerprint density at radius 3 is 2.45 bits per heavy atom. The van der Waals surface area contributed by atoms with E-state index >= 15 is 0 Å². The lowest BCUT2D eigenvalue weighted by atomic mass is 10.1. The molecule has 1 heterocycles. The van der Waals surface area contributed by atoms with E-state index in [9.17, 15) is 4.79 Å². The number of hydrogen-bond donors (Lipinski definition) is 2. The van der Waals surface area contributed by atoms with Gasteiger partial charge in [-0.2, -0.15) is 0 Å². The predicted octanol–water partition coefficient (Wildman–Crippen LogP) is 5.38. The Kier molecular flexibility index (Phi) is 5.98. The number of rotatable bonds is 8. The van der Waals surface area contributed by atoms with Crippen LogP contribution >= 0.6 is 0 Å². The van der Waals surface area contributed by atoms with Crippen molar-refractivity contribution in [2.45, 2.75) is 13.0 Å². The van der Waals surface area contributed by atoms with E-state index in [2.05, 4.69) is 71.0 Å². The molecule has 0 fully saturated rings.